The number of amides is 1. The molecule has 0 bridgehead atoms. The number of hydrazone groups is 1. The second-order valence-electron chi connectivity index (χ2n) is 6.77. The van der Waals surface area contributed by atoms with E-state index in [1.807, 2.05) is 56.3 Å². The van der Waals surface area contributed by atoms with E-state index in [0.717, 1.165) is 15.6 Å². The van der Waals surface area contributed by atoms with Gasteiger partial charge >= 0.3 is 0 Å². The zero-order valence-electron chi connectivity index (χ0n) is 17.0. The van der Waals surface area contributed by atoms with Gasteiger partial charge in [-0.3, -0.25) is 4.79 Å². The summed E-state index contributed by atoms with van der Waals surface area (Å²) < 4.78 is 6.42. The molecule has 0 fully saturated rings. The minimum absolute atomic E-state index is 0.00550. The molecule has 8 heteroatoms. The molecule has 7 nitrogen and oxygen atoms in total. The number of azo groups is 1. The summed E-state index contributed by atoms with van der Waals surface area (Å²) in [6.45, 7) is 3.74. The Labute approximate surface area is 188 Å². The van der Waals surface area contributed by atoms with Crippen LogP contribution >= 0.6 is 15.9 Å². The normalized spacial score (nSPS) is 11.2. The van der Waals surface area contributed by atoms with E-state index in [1.165, 1.54) is 12.3 Å². The van der Waals surface area contributed by atoms with E-state index in [0.29, 0.717) is 22.7 Å². The minimum Gasteiger partial charge on any atom is -0.507 e. The third-order valence-corrected chi connectivity index (χ3v) is 4.68. The van der Waals surface area contributed by atoms with Gasteiger partial charge in [0.2, 0.25) is 0 Å². The van der Waals surface area contributed by atoms with Crippen LogP contribution in [0, 0.1) is 13.8 Å². The number of aryl methyl sites for hydroxylation is 2. The fourth-order valence-corrected chi connectivity index (χ4v) is 3.06. The lowest BCUT2D eigenvalue weighted by Crippen LogP contribution is -2.24. The third kappa shape index (κ3) is 6.75. The molecule has 0 unspecified atom stereocenters. The van der Waals surface area contributed by atoms with Gasteiger partial charge in [0.1, 0.15) is 11.5 Å². The Hall–Kier alpha value is -3.52. The predicted octanol–water partition coefficient (Wildman–Crippen LogP) is 5.72. The summed E-state index contributed by atoms with van der Waals surface area (Å²) in [4.78, 5) is 12.0. The fourth-order valence-electron chi connectivity index (χ4n) is 2.67. The van der Waals surface area contributed by atoms with Crippen molar-refractivity contribution in [2.75, 3.05) is 6.61 Å². The Balaban J connectivity index is 1.58. The Bertz CT molecular complexity index is 1150. The summed E-state index contributed by atoms with van der Waals surface area (Å²) in [6.07, 6.45) is 1.34. The summed E-state index contributed by atoms with van der Waals surface area (Å²) in [6, 6.07) is 17.9. The van der Waals surface area contributed by atoms with Crippen LogP contribution in [-0.4, -0.2) is 23.8 Å². The van der Waals surface area contributed by atoms with Crippen LogP contribution in [0.4, 0.5) is 11.4 Å². The number of hydrogen-bond acceptors (Lipinski definition) is 6. The van der Waals surface area contributed by atoms with E-state index in [1.54, 1.807) is 12.1 Å². The van der Waals surface area contributed by atoms with Crippen LogP contribution in [0.5, 0.6) is 11.5 Å². The van der Waals surface area contributed by atoms with Crippen LogP contribution in [0.2, 0.25) is 0 Å². The standard InChI is InChI=1S/C23H21BrN4O3/c1-15-6-9-22(16(2)10-15)31-14-23(30)28-25-13-17-11-20(7-8-21(17)29)27-26-19-5-3-4-18(24)12-19/h3-13,29H,14H2,1-2H3,(H,28,30)/b25-13+,27-26?. The van der Waals surface area contributed by atoms with Gasteiger partial charge in [0, 0.05) is 10.0 Å². The van der Waals surface area contributed by atoms with Crippen molar-refractivity contribution < 1.29 is 14.6 Å². The highest BCUT2D eigenvalue weighted by Gasteiger charge is 2.05. The van der Waals surface area contributed by atoms with E-state index < -0.39 is 5.91 Å². The molecule has 0 atom stereocenters. The number of phenols is 1. The molecular weight excluding hydrogens is 460 g/mol. The number of nitrogens with one attached hydrogen (secondary N) is 1. The third-order valence-electron chi connectivity index (χ3n) is 4.18. The molecule has 2 N–H and O–H groups in total. The topological polar surface area (TPSA) is 95.6 Å². The second kappa shape index (κ2) is 10.5. The highest BCUT2D eigenvalue weighted by Crippen LogP contribution is 2.25. The van der Waals surface area contributed by atoms with Crippen molar-refractivity contribution in [2.45, 2.75) is 13.8 Å². The molecule has 0 aliphatic heterocycles. The number of aromatic hydroxyl groups is 1. The van der Waals surface area contributed by atoms with Gasteiger partial charge in [0.15, 0.2) is 6.61 Å². The maximum absolute atomic E-state index is 12.0. The van der Waals surface area contributed by atoms with Crippen LogP contribution < -0.4 is 10.2 Å². The first-order valence-electron chi connectivity index (χ1n) is 9.43. The van der Waals surface area contributed by atoms with Gasteiger partial charge in [-0.25, -0.2) is 5.43 Å². The van der Waals surface area contributed by atoms with E-state index in [9.17, 15) is 9.90 Å². The van der Waals surface area contributed by atoms with Gasteiger partial charge in [-0.2, -0.15) is 15.3 Å². The van der Waals surface area contributed by atoms with Crippen molar-refractivity contribution in [3.63, 3.8) is 0 Å². The minimum atomic E-state index is -0.416. The van der Waals surface area contributed by atoms with Crippen LogP contribution in [0.25, 0.3) is 0 Å². The predicted molar refractivity (Wildman–Crippen MR) is 124 cm³/mol. The number of rotatable bonds is 7. The van der Waals surface area contributed by atoms with Gasteiger partial charge in [0.25, 0.3) is 5.91 Å². The maximum Gasteiger partial charge on any atom is 0.277 e. The molecule has 0 aliphatic carbocycles. The lowest BCUT2D eigenvalue weighted by molar-refractivity contribution is -0.123. The molecule has 0 spiro atoms. The number of benzene rings is 3. The summed E-state index contributed by atoms with van der Waals surface area (Å²) in [5.41, 5.74) is 6.06. The van der Waals surface area contributed by atoms with Crippen molar-refractivity contribution in [2.24, 2.45) is 15.3 Å². The van der Waals surface area contributed by atoms with Gasteiger partial charge in [-0.05, 0) is 61.9 Å². The Morgan fingerprint density at radius 1 is 1.06 bits per heavy atom. The summed E-state index contributed by atoms with van der Waals surface area (Å²) in [5, 5.41) is 22.2. The number of ether oxygens (including phenoxy) is 1. The molecule has 0 aromatic heterocycles. The zero-order valence-corrected chi connectivity index (χ0v) is 18.6. The first-order valence-corrected chi connectivity index (χ1v) is 10.2. The monoisotopic (exact) mass is 480 g/mol. The molecule has 31 heavy (non-hydrogen) atoms. The van der Waals surface area contributed by atoms with Gasteiger partial charge in [0.05, 0.1) is 17.6 Å². The average Bonchev–Trinajstić information content (AvgIpc) is 2.73. The lowest BCUT2D eigenvalue weighted by Gasteiger charge is -2.08. The number of carbonyl (C=O) groups is 1. The van der Waals surface area contributed by atoms with E-state index in [-0.39, 0.29) is 12.4 Å². The second-order valence-corrected chi connectivity index (χ2v) is 7.69. The molecule has 0 saturated heterocycles. The number of carbonyl (C=O) groups excluding carboxylic acids is 1. The summed E-state index contributed by atoms with van der Waals surface area (Å²) in [5.74, 6) is 0.234. The smallest absolute Gasteiger partial charge is 0.277 e. The molecular formula is C23H21BrN4O3. The largest absolute Gasteiger partial charge is 0.507 e. The van der Waals surface area contributed by atoms with Crippen molar-refractivity contribution >= 4 is 39.4 Å². The average molecular weight is 481 g/mol. The lowest BCUT2D eigenvalue weighted by atomic mass is 10.1. The number of phenolic OH excluding ortho intramolecular Hbond substituents is 1. The first kappa shape index (κ1) is 22.2. The Morgan fingerprint density at radius 3 is 2.58 bits per heavy atom. The van der Waals surface area contributed by atoms with Crippen molar-refractivity contribution in [1.29, 1.82) is 0 Å². The van der Waals surface area contributed by atoms with Crippen molar-refractivity contribution in [3.05, 3.63) is 81.8 Å². The Morgan fingerprint density at radius 2 is 1.84 bits per heavy atom. The fraction of sp³-hybridized carbons (Fsp3) is 0.130. The highest BCUT2D eigenvalue weighted by atomic mass is 79.9. The quantitative estimate of drug-likeness (QED) is 0.257. The molecule has 0 heterocycles. The molecule has 3 aromatic carbocycles. The van der Waals surface area contributed by atoms with Crippen LogP contribution in [0.15, 0.2) is 80.5 Å². The SMILES string of the molecule is Cc1ccc(OCC(=O)N/N=C/c2cc(N=Nc3cccc(Br)c3)ccc2O)c(C)c1. The summed E-state index contributed by atoms with van der Waals surface area (Å²) >= 11 is 3.38. The first-order chi connectivity index (χ1) is 14.9. The van der Waals surface area contributed by atoms with Gasteiger partial charge < -0.3 is 9.84 Å². The number of nitrogens with zero attached hydrogens (tertiary/aromatic N) is 3. The zero-order chi connectivity index (χ0) is 22.2. The van der Waals surface area contributed by atoms with Crippen molar-refractivity contribution in [3.8, 4) is 11.5 Å². The molecule has 0 aliphatic rings. The molecule has 0 saturated carbocycles. The molecule has 1 amide bonds. The Kier molecular flexibility index (Phi) is 7.50. The maximum atomic E-state index is 12.0. The van der Waals surface area contributed by atoms with Crippen LogP contribution in [0.3, 0.4) is 0 Å². The van der Waals surface area contributed by atoms with E-state index in [2.05, 4.69) is 36.7 Å². The molecule has 158 valence electrons. The number of halogens is 1. The molecule has 3 rings (SSSR count). The van der Waals surface area contributed by atoms with Crippen molar-refractivity contribution in [1.82, 2.24) is 5.43 Å². The van der Waals surface area contributed by atoms with Gasteiger partial charge in [-0.15, -0.1) is 0 Å². The van der Waals surface area contributed by atoms with Crippen LogP contribution in [-0.2, 0) is 4.79 Å². The van der Waals surface area contributed by atoms with E-state index >= 15 is 0 Å². The highest BCUT2D eigenvalue weighted by molar-refractivity contribution is 9.10. The van der Waals surface area contributed by atoms with E-state index in [4.69, 9.17) is 4.74 Å². The molecule has 3 aromatic rings. The van der Waals surface area contributed by atoms with Gasteiger partial charge in [-0.1, -0.05) is 39.7 Å². The number of hydrogen-bond donors (Lipinski definition) is 2. The van der Waals surface area contributed by atoms with Crippen LogP contribution in [0.1, 0.15) is 16.7 Å². The summed E-state index contributed by atoms with van der Waals surface area (Å²) in [7, 11) is 0. The molecule has 0 radical (unpaired) electrons.